The van der Waals surface area contributed by atoms with Crippen LogP contribution in [0.3, 0.4) is 0 Å². The molecule has 0 aromatic carbocycles. The van der Waals surface area contributed by atoms with Crippen molar-refractivity contribution >= 4 is 75.1 Å². The molecule has 0 spiro atoms. The van der Waals surface area contributed by atoms with Crippen LogP contribution in [-0.4, -0.2) is 116 Å². The van der Waals surface area contributed by atoms with Gasteiger partial charge in [0.05, 0.1) is 34.5 Å². The molecule has 7 atom stereocenters. The third-order valence-electron chi connectivity index (χ3n) is 7.26. The lowest BCUT2D eigenvalue weighted by Gasteiger charge is -2.36. The number of aliphatic hydroxyl groups excluding tert-OH is 2. The Labute approximate surface area is 315 Å². The number of aromatic nitrogens is 4. The van der Waals surface area contributed by atoms with E-state index >= 15 is 0 Å². The lowest BCUT2D eigenvalue weighted by molar-refractivity contribution is -0.347. The maximum Gasteiger partial charge on any atom is 0.313 e. The highest BCUT2D eigenvalue weighted by atomic mass is 32.2. The van der Waals surface area contributed by atoms with Gasteiger partial charge in [-0.1, -0.05) is 25.6 Å². The summed E-state index contributed by atoms with van der Waals surface area (Å²) in [6.45, 7) is -0.176. The summed E-state index contributed by atoms with van der Waals surface area (Å²) in [6.07, 6.45) is -8.17. The topological polar surface area (TPSA) is 401 Å². The van der Waals surface area contributed by atoms with E-state index in [0.29, 0.717) is 0 Å². The number of carbonyl (C=O) groups excluding carboxylic acids is 4. The Balaban J connectivity index is 1.49. The predicted molar refractivity (Wildman–Crippen MR) is 175 cm³/mol. The number of imidazole rings is 1. The van der Waals surface area contributed by atoms with E-state index in [9.17, 15) is 62.7 Å². The summed E-state index contributed by atoms with van der Waals surface area (Å²) in [6, 6.07) is 0. The molecule has 0 aliphatic carbocycles. The molecule has 6 N–H and O–H groups in total. The van der Waals surface area contributed by atoms with E-state index in [1.165, 1.54) is 13.8 Å². The van der Waals surface area contributed by atoms with Gasteiger partial charge in [-0.25, -0.2) is 19.3 Å². The first kappa shape index (κ1) is 46.4. The van der Waals surface area contributed by atoms with Gasteiger partial charge < -0.3 is 73.8 Å². The van der Waals surface area contributed by atoms with Gasteiger partial charge in [0.1, 0.15) is 42.7 Å². The van der Waals surface area contributed by atoms with Crippen molar-refractivity contribution in [1.82, 2.24) is 30.2 Å². The van der Waals surface area contributed by atoms with Crippen molar-refractivity contribution < 1.29 is 90.0 Å². The molecule has 2 amide bonds. The first-order chi connectivity index (χ1) is 25.4. The molecule has 3 heterocycles. The number of amides is 2. The molecule has 3 rings (SSSR count). The number of rotatable bonds is 21. The van der Waals surface area contributed by atoms with E-state index < -0.39 is 102 Å². The van der Waals surface area contributed by atoms with Gasteiger partial charge >= 0.3 is 5.97 Å². The first-order valence-corrected chi connectivity index (χ1v) is 20.9. The summed E-state index contributed by atoms with van der Waals surface area (Å²) in [5, 5.41) is 25.5. The van der Waals surface area contributed by atoms with Gasteiger partial charge in [0.2, 0.25) is 11.8 Å². The van der Waals surface area contributed by atoms with E-state index in [-0.39, 0.29) is 42.2 Å². The van der Waals surface area contributed by atoms with Crippen molar-refractivity contribution in [3.63, 3.8) is 0 Å². The fraction of sp³-hybridized carbons (Fsp3) is 0.640. The number of esters is 1. The molecule has 55 heavy (non-hydrogen) atoms. The van der Waals surface area contributed by atoms with Crippen molar-refractivity contribution in [2.45, 2.75) is 57.3 Å². The minimum atomic E-state index is -5.93. The number of phosphoric acid groups is 3. The number of methoxy groups -OCH3 is 1. The summed E-state index contributed by atoms with van der Waals surface area (Å²) in [7, 11) is -16.5. The number of hydrogen-bond acceptors (Lipinski definition) is 24. The zero-order valence-electron chi connectivity index (χ0n) is 28.9. The van der Waals surface area contributed by atoms with Gasteiger partial charge in [-0.3, -0.25) is 32.9 Å². The standard InChI is InChI=1S/C25H40N7O19P3S/c1-25(2,20(37)23(38)28-5-4-14(33)27-6-7-55-16(35)8-15(34)46-3)10-48-54(44,45)51-53(42,43)47-9-13-19(50-52(39,40)41)18(36)24(49-13)32-12-31-17-21(26)29-11-30-22(17)32/h11-13,18-20,24,36-37H,4-10H2,1-3H3,(H,27,33)(H,28,38)(H,42,43)(H,44,45)(H2,26,29,30)(H2,39,40,41)/p-4. The molecule has 1 aliphatic heterocycles. The molecule has 0 bridgehead atoms. The summed E-state index contributed by atoms with van der Waals surface area (Å²) < 4.78 is 64.7. The van der Waals surface area contributed by atoms with E-state index in [1.54, 1.807) is 0 Å². The third kappa shape index (κ3) is 14.2. The van der Waals surface area contributed by atoms with Crippen LogP contribution in [0.15, 0.2) is 12.7 Å². The Hall–Kier alpha value is -2.97. The van der Waals surface area contributed by atoms with E-state index in [0.717, 1.165) is 36.1 Å². The summed E-state index contributed by atoms with van der Waals surface area (Å²) in [5.41, 5.74) is 4.01. The average molecular weight is 864 g/mol. The second-order valence-electron chi connectivity index (χ2n) is 12.0. The van der Waals surface area contributed by atoms with Crippen LogP contribution < -0.4 is 35.9 Å². The van der Waals surface area contributed by atoms with E-state index in [1.807, 2.05) is 0 Å². The van der Waals surface area contributed by atoms with Gasteiger partial charge in [-0.15, -0.1) is 0 Å². The fourth-order valence-electron chi connectivity index (χ4n) is 4.51. The predicted octanol–water partition coefficient (Wildman–Crippen LogP) is -4.30. The number of nitrogen functional groups attached to an aromatic ring is 1. The van der Waals surface area contributed by atoms with Crippen molar-refractivity contribution in [2.24, 2.45) is 5.41 Å². The molecule has 26 nitrogen and oxygen atoms in total. The molecule has 0 saturated carbocycles. The van der Waals surface area contributed by atoms with Crippen molar-refractivity contribution in [3.05, 3.63) is 12.7 Å². The highest BCUT2D eigenvalue weighted by molar-refractivity contribution is 8.13. The van der Waals surface area contributed by atoms with Gasteiger partial charge in [0.15, 0.2) is 22.8 Å². The lowest BCUT2D eigenvalue weighted by atomic mass is 9.87. The number of fused-ring (bicyclic) bond motifs is 1. The fourth-order valence-corrected chi connectivity index (χ4v) is 7.90. The number of nitrogens with zero attached hydrogens (tertiary/aromatic N) is 4. The number of thioether (sulfide) groups is 1. The lowest BCUT2D eigenvalue weighted by Crippen LogP contribution is -2.46. The minimum Gasteiger partial charge on any atom is -0.790 e. The van der Waals surface area contributed by atoms with E-state index in [2.05, 4.69) is 48.2 Å². The number of carbonyl (C=O) groups is 4. The maximum atomic E-state index is 12.5. The van der Waals surface area contributed by atoms with Crippen LogP contribution in [0.2, 0.25) is 0 Å². The van der Waals surface area contributed by atoms with Crippen LogP contribution in [-0.2, 0) is 60.2 Å². The number of anilines is 1. The molecule has 0 radical (unpaired) electrons. The maximum absolute atomic E-state index is 12.5. The van der Waals surface area contributed by atoms with Crippen LogP contribution in [0.1, 0.15) is 32.9 Å². The molecular weight excluding hydrogens is 827 g/mol. The number of hydrogen-bond donors (Lipinski definition) is 5. The van der Waals surface area contributed by atoms with Crippen LogP contribution in [0.5, 0.6) is 0 Å². The van der Waals surface area contributed by atoms with Crippen molar-refractivity contribution in [1.29, 1.82) is 0 Å². The molecule has 1 aliphatic rings. The van der Waals surface area contributed by atoms with Gasteiger partial charge in [-0.05, 0) is 0 Å². The minimum absolute atomic E-state index is 0.0303. The monoisotopic (exact) mass is 863 g/mol. The average Bonchev–Trinajstić information content (AvgIpc) is 3.64. The van der Waals surface area contributed by atoms with Crippen LogP contribution in [0.4, 0.5) is 5.82 Å². The van der Waals surface area contributed by atoms with Gasteiger partial charge in [0, 0.05) is 30.7 Å². The molecule has 2 aromatic heterocycles. The van der Waals surface area contributed by atoms with Crippen molar-refractivity contribution in [2.75, 3.05) is 44.9 Å². The number of phosphoric ester groups is 3. The van der Waals surface area contributed by atoms with Gasteiger partial charge in [-0.2, -0.15) is 0 Å². The number of nitrogens with two attached hydrogens (primary N) is 1. The van der Waals surface area contributed by atoms with Crippen LogP contribution >= 0.6 is 35.2 Å². The number of ether oxygens (including phenoxy) is 2. The Bertz CT molecular complexity index is 1850. The van der Waals surface area contributed by atoms with Crippen LogP contribution in [0.25, 0.3) is 11.2 Å². The van der Waals surface area contributed by atoms with Gasteiger partial charge in [0.25, 0.3) is 15.6 Å². The largest absolute Gasteiger partial charge is 0.790 e. The quantitative estimate of drug-likeness (QED) is 0.0343. The summed E-state index contributed by atoms with van der Waals surface area (Å²) in [4.78, 5) is 106. The Morgan fingerprint density at radius 1 is 1.07 bits per heavy atom. The molecule has 310 valence electrons. The van der Waals surface area contributed by atoms with E-state index in [4.69, 9.17) is 10.5 Å². The zero-order valence-corrected chi connectivity index (χ0v) is 32.4. The number of aliphatic hydroxyl groups is 2. The summed E-state index contributed by atoms with van der Waals surface area (Å²) in [5.74, 6) is -2.22. The number of nitrogens with one attached hydrogen (secondary N) is 2. The summed E-state index contributed by atoms with van der Waals surface area (Å²) >= 11 is 0.801. The SMILES string of the molecule is COC(=O)CC(=O)SCCNC(=O)CCNC(=O)C(O)C(C)(C)COP(=O)([O-])OP(=O)([O-])OCC1OC(n2cnc3c(N)ncnc32)C(O)C1OP(=O)([O-])[O-]. The second kappa shape index (κ2) is 19.5. The normalized spacial score (nSPS) is 21.7. The highest BCUT2D eigenvalue weighted by Crippen LogP contribution is 2.56. The van der Waals surface area contributed by atoms with Crippen molar-refractivity contribution in [3.8, 4) is 0 Å². The Kier molecular flexibility index (Phi) is 16.4. The smallest absolute Gasteiger partial charge is 0.313 e. The molecule has 1 saturated heterocycles. The Morgan fingerprint density at radius 3 is 2.40 bits per heavy atom. The molecule has 1 fully saturated rings. The Morgan fingerprint density at radius 2 is 1.75 bits per heavy atom. The molecular formula is C25H36N7O19P3S-4. The molecule has 7 unspecified atom stereocenters. The van der Waals surface area contributed by atoms with Crippen LogP contribution in [0, 0.1) is 5.41 Å². The second-order valence-corrected chi connectivity index (χ2v) is 17.2. The third-order valence-corrected chi connectivity index (χ3v) is 11.1. The molecule has 2 aromatic rings. The molecule has 30 heteroatoms. The zero-order chi connectivity index (χ0) is 41.4. The first-order valence-electron chi connectivity index (χ1n) is 15.5. The highest BCUT2D eigenvalue weighted by Gasteiger charge is 2.47.